The fourth-order valence-electron chi connectivity index (χ4n) is 3.62. The lowest BCUT2D eigenvalue weighted by Crippen LogP contribution is -2.43. The number of aromatic nitrogens is 2. The van der Waals surface area contributed by atoms with Gasteiger partial charge in [0.15, 0.2) is 0 Å². The van der Waals surface area contributed by atoms with Crippen LogP contribution in [0.2, 0.25) is 0 Å². The molecule has 24 heavy (non-hydrogen) atoms. The normalized spacial score (nSPS) is 22.8. The lowest BCUT2D eigenvalue weighted by Gasteiger charge is -2.35. The average Bonchev–Trinajstić information content (AvgIpc) is 2.91. The number of rotatable bonds is 4. The van der Waals surface area contributed by atoms with E-state index in [4.69, 9.17) is 4.74 Å². The Labute approximate surface area is 144 Å². The summed E-state index contributed by atoms with van der Waals surface area (Å²) >= 11 is 0. The van der Waals surface area contributed by atoms with E-state index in [1.54, 1.807) is 6.33 Å². The van der Waals surface area contributed by atoms with E-state index in [1.807, 2.05) is 17.3 Å². The number of carbonyl (C=O) groups is 1. The van der Waals surface area contributed by atoms with Gasteiger partial charge in [-0.15, -0.1) is 0 Å². The molecule has 0 N–H and O–H groups in total. The minimum atomic E-state index is -0.134. The van der Waals surface area contributed by atoms with Gasteiger partial charge in [-0.25, -0.2) is 14.8 Å². The second kappa shape index (κ2) is 8.97. The van der Waals surface area contributed by atoms with Crippen LogP contribution in [-0.2, 0) is 11.3 Å². The maximum Gasteiger partial charge on any atom is 0.409 e. The van der Waals surface area contributed by atoms with Gasteiger partial charge in [-0.3, -0.25) is 4.90 Å². The Morgan fingerprint density at radius 2 is 1.75 bits per heavy atom. The summed E-state index contributed by atoms with van der Waals surface area (Å²) in [5.41, 5.74) is 1.11. The highest BCUT2D eigenvalue weighted by Crippen LogP contribution is 2.20. The summed E-state index contributed by atoms with van der Waals surface area (Å²) in [5, 5.41) is 0. The topological polar surface area (TPSA) is 58.6 Å². The second-order valence-corrected chi connectivity index (χ2v) is 6.84. The van der Waals surface area contributed by atoms with Crippen molar-refractivity contribution in [3.8, 4) is 0 Å². The number of likely N-dealkylation sites (tertiary alicyclic amines) is 2. The molecule has 2 aliphatic heterocycles. The van der Waals surface area contributed by atoms with Crippen LogP contribution in [0.1, 0.15) is 50.5 Å². The first kappa shape index (κ1) is 17.1. The molecule has 2 aliphatic rings. The van der Waals surface area contributed by atoms with Gasteiger partial charge in [-0.05, 0) is 32.2 Å². The SMILES string of the molecule is O=C(OCC1CCCCN1Cc1cncnc1)N1CCCCCC1. The highest BCUT2D eigenvalue weighted by molar-refractivity contribution is 5.67. The summed E-state index contributed by atoms with van der Waals surface area (Å²) in [7, 11) is 0. The van der Waals surface area contributed by atoms with E-state index in [-0.39, 0.29) is 6.09 Å². The fraction of sp³-hybridized carbons (Fsp3) is 0.722. The van der Waals surface area contributed by atoms with Crippen molar-refractivity contribution in [2.24, 2.45) is 0 Å². The molecule has 2 fully saturated rings. The average molecular weight is 332 g/mol. The molecule has 1 unspecified atom stereocenters. The predicted molar refractivity (Wildman–Crippen MR) is 91.5 cm³/mol. The fourth-order valence-corrected chi connectivity index (χ4v) is 3.62. The highest BCUT2D eigenvalue weighted by atomic mass is 16.6. The third-order valence-corrected chi connectivity index (χ3v) is 5.01. The van der Waals surface area contributed by atoms with Gasteiger partial charge in [0.2, 0.25) is 0 Å². The van der Waals surface area contributed by atoms with Crippen molar-refractivity contribution in [1.29, 1.82) is 0 Å². The second-order valence-electron chi connectivity index (χ2n) is 6.84. The molecular weight excluding hydrogens is 304 g/mol. The molecule has 2 saturated heterocycles. The molecule has 6 nitrogen and oxygen atoms in total. The summed E-state index contributed by atoms with van der Waals surface area (Å²) in [4.78, 5) is 24.8. The Morgan fingerprint density at radius 1 is 1.04 bits per heavy atom. The molecule has 6 heteroatoms. The number of nitrogens with zero attached hydrogens (tertiary/aromatic N) is 4. The van der Waals surface area contributed by atoms with Crippen LogP contribution < -0.4 is 0 Å². The van der Waals surface area contributed by atoms with E-state index in [9.17, 15) is 4.79 Å². The Kier molecular flexibility index (Phi) is 6.41. The summed E-state index contributed by atoms with van der Waals surface area (Å²) < 4.78 is 5.66. The van der Waals surface area contributed by atoms with Crippen LogP contribution in [0, 0.1) is 0 Å². The maximum absolute atomic E-state index is 12.3. The third-order valence-electron chi connectivity index (χ3n) is 5.01. The number of ether oxygens (including phenoxy) is 1. The smallest absolute Gasteiger partial charge is 0.409 e. The Hall–Kier alpha value is -1.69. The predicted octanol–water partition coefficient (Wildman–Crippen LogP) is 2.84. The molecular formula is C18H28N4O2. The van der Waals surface area contributed by atoms with Gasteiger partial charge in [-0.1, -0.05) is 19.3 Å². The molecule has 0 aliphatic carbocycles. The van der Waals surface area contributed by atoms with Crippen LogP contribution in [0.4, 0.5) is 4.79 Å². The molecule has 1 amide bonds. The Balaban J connectivity index is 1.51. The molecule has 0 saturated carbocycles. The molecule has 3 heterocycles. The zero-order valence-corrected chi connectivity index (χ0v) is 14.4. The number of amides is 1. The van der Waals surface area contributed by atoms with Crippen molar-refractivity contribution < 1.29 is 9.53 Å². The van der Waals surface area contributed by atoms with E-state index >= 15 is 0 Å². The molecule has 132 valence electrons. The molecule has 0 aromatic carbocycles. The minimum Gasteiger partial charge on any atom is -0.448 e. The first-order valence-corrected chi connectivity index (χ1v) is 9.22. The van der Waals surface area contributed by atoms with E-state index in [0.29, 0.717) is 12.6 Å². The quantitative estimate of drug-likeness (QED) is 0.848. The van der Waals surface area contributed by atoms with Crippen molar-refractivity contribution in [2.75, 3.05) is 26.2 Å². The maximum atomic E-state index is 12.3. The zero-order chi connectivity index (χ0) is 16.6. The molecule has 1 aromatic heterocycles. The molecule has 1 aromatic rings. The van der Waals surface area contributed by atoms with E-state index in [2.05, 4.69) is 14.9 Å². The molecule has 0 radical (unpaired) electrons. The van der Waals surface area contributed by atoms with E-state index in [1.165, 1.54) is 25.7 Å². The number of hydrogen-bond donors (Lipinski definition) is 0. The highest BCUT2D eigenvalue weighted by Gasteiger charge is 2.25. The first-order chi connectivity index (χ1) is 11.8. The summed E-state index contributed by atoms with van der Waals surface area (Å²) in [6.07, 6.45) is 13.3. The first-order valence-electron chi connectivity index (χ1n) is 9.22. The lowest BCUT2D eigenvalue weighted by atomic mass is 10.0. The van der Waals surface area contributed by atoms with Crippen molar-refractivity contribution in [2.45, 2.75) is 57.5 Å². The standard InChI is InChI=1S/C18H28N4O2/c23-18(21-8-4-1-2-5-9-21)24-14-17-7-3-6-10-22(17)13-16-11-19-15-20-12-16/h11-12,15,17H,1-10,13-14H2. The van der Waals surface area contributed by atoms with Gasteiger partial charge in [0.25, 0.3) is 0 Å². The van der Waals surface area contributed by atoms with Crippen molar-refractivity contribution in [3.05, 3.63) is 24.3 Å². The summed E-state index contributed by atoms with van der Waals surface area (Å²) in [5.74, 6) is 0. The van der Waals surface area contributed by atoms with Crippen molar-refractivity contribution in [1.82, 2.24) is 19.8 Å². The zero-order valence-electron chi connectivity index (χ0n) is 14.4. The van der Waals surface area contributed by atoms with Gasteiger partial charge < -0.3 is 9.64 Å². The van der Waals surface area contributed by atoms with Crippen LogP contribution in [0.15, 0.2) is 18.7 Å². The van der Waals surface area contributed by atoms with Gasteiger partial charge >= 0.3 is 6.09 Å². The molecule has 0 spiro atoms. The largest absolute Gasteiger partial charge is 0.448 e. The monoisotopic (exact) mass is 332 g/mol. The van der Waals surface area contributed by atoms with Crippen LogP contribution in [-0.4, -0.2) is 58.1 Å². The Morgan fingerprint density at radius 3 is 2.50 bits per heavy atom. The van der Waals surface area contributed by atoms with E-state index < -0.39 is 0 Å². The minimum absolute atomic E-state index is 0.134. The van der Waals surface area contributed by atoms with Gasteiger partial charge in [-0.2, -0.15) is 0 Å². The van der Waals surface area contributed by atoms with Crippen LogP contribution >= 0.6 is 0 Å². The number of hydrogen-bond acceptors (Lipinski definition) is 5. The number of carbonyl (C=O) groups excluding carboxylic acids is 1. The van der Waals surface area contributed by atoms with E-state index in [0.717, 1.165) is 51.0 Å². The summed E-state index contributed by atoms with van der Waals surface area (Å²) in [6, 6.07) is 0.301. The van der Waals surface area contributed by atoms with Gasteiger partial charge in [0.05, 0.1) is 0 Å². The van der Waals surface area contributed by atoms with Gasteiger partial charge in [0.1, 0.15) is 12.9 Å². The van der Waals surface area contributed by atoms with Crippen LogP contribution in [0.5, 0.6) is 0 Å². The Bertz CT molecular complexity index is 503. The number of piperidine rings is 1. The molecule has 1 atom stereocenters. The van der Waals surface area contributed by atoms with Crippen LogP contribution in [0.25, 0.3) is 0 Å². The van der Waals surface area contributed by atoms with Crippen molar-refractivity contribution in [3.63, 3.8) is 0 Å². The van der Waals surface area contributed by atoms with Crippen molar-refractivity contribution >= 4 is 6.09 Å². The third kappa shape index (κ3) is 4.90. The van der Waals surface area contributed by atoms with Crippen LogP contribution in [0.3, 0.4) is 0 Å². The lowest BCUT2D eigenvalue weighted by molar-refractivity contribution is 0.0468. The van der Waals surface area contributed by atoms with Gasteiger partial charge in [0, 0.05) is 43.6 Å². The molecule has 0 bridgehead atoms. The molecule has 3 rings (SSSR count). The summed E-state index contributed by atoms with van der Waals surface area (Å²) in [6.45, 7) is 4.04.